The Balaban J connectivity index is 1.63. The summed E-state index contributed by atoms with van der Waals surface area (Å²) >= 11 is 0. The number of hydrogen-bond donors (Lipinski definition) is 1. The van der Waals surface area contributed by atoms with Crippen molar-refractivity contribution < 1.29 is 14.3 Å². The number of ether oxygens (including phenoxy) is 1. The normalized spacial score (nSPS) is 15.9. The molecule has 0 aliphatic carbocycles. The van der Waals surface area contributed by atoms with Crippen LogP contribution in [0.3, 0.4) is 0 Å². The third-order valence-electron chi connectivity index (χ3n) is 5.91. The van der Waals surface area contributed by atoms with Gasteiger partial charge in [0, 0.05) is 31.2 Å². The lowest BCUT2D eigenvalue weighted by atomic mass is 9.94. The topological polar surface area (TPSA) is 76.5 Å². The summed E-state index contributed by atoms with van der Waals surface area (Å²) in [5, 5.41) is 7.58. The van der Waals surface area contributed by atoms with E-state index in [0.29, 0.717) is 43.3 Å². The van der Waals surface area contributed by atoms with Crippen LogP contribution in [0.2, 0.25) is 0 Å². The van der Waals surface area contributed by atoms with E-state index in [1.807, 2.05) is 32.0 Å². The molecule has 0 radical (unpaired) electrons. The predicted octanol–water partition coefficient (Wildman–Crippen LogP) is 3.20. The first-order valence-corrected chi connectivity index (χ1v) is 10.6. The molecule has 30 heavy (non-hydrogen) atoms. The molecule has 0 bridgehead atoms. The first-order chi connectivity index (χ1) is 14.3. The maximum absolute atomic E-state index is 12.9. The van der Waals surface area contributed by atoms with Gasteiger partial charge in [0.25, 0.3) is 5.91 Å². The number of aryl methyl sites for hydroxylation is 1. The van der Waals surface area contributed by atoms with Crippen LogP contribution in [0.4, 0.5) is 0 Å². The fraction of sp³-hybridized carbons (Fsp3) is 0.522. The Hall–Kier alpha value is -2.83. The zero-order valence-electron chi connectivity index (χ0n) is 18.5. The number of carbonyl (C=O) groups excluding carboxylic acids is 2. The molecule has 1 aliphatic rings. The smallest absolute Gasteiger partial charge is 0.274 e. The molecule has 1 N–H and O–H groups in total. The molecule has 2 aromatic rings. The van der Waals surface area contributed by atoms with Crippen LogP contribution in [0.5, 0.6) is 5.75 Å². The number of nitrogens with zero attached hydrogens (tertiary/aromatic N) is 3. The van der Waals surface area contributed by atoms with E-state index in [0.717, 1.165) is 11.3 Å². The van der Waals surface area contributed by atoms with Gasteiger partial charge < -0.3 is 15.0 Å². The Kier molecular flexibility index (Phi) is 6.80. The average Bonchev–Trinajstić information content (AvgIpc) is 3.23. The number of hydrogen-bond acceptors (Lipinski definition) is 4. The second-order valence-electron chi connectivity index (χ2n) is 8.43. The zero-order valence-corrected chi connectivity index (χ0v) is 18.5. The predicted molar refractivity (Wildman–Crippen MR) is 116 cm³/mol. The maximum atomic E-state index is 12.9. The molecular formula is C23H32N4O3. The van der Waals surface area contributed by atoms with Crippen molar-refractivity contribution in [3.63, 3.8) is 0 Å². The molecule has 7 heteroatoms. The van der Waals surface area contributed by atoms with Crippen LogP contribution in [-0.4, -0.2) is 52.7 Å². The quantitative estimate of drug-likeness (QED) is 0.790. The molecule has 1 atom stereocenters. The number of nitrogens with one attached hydrogen (secondary N) is 1. The average molecular weight is 413 g/mol. The number of amides is 2. The highest BCUT2D eigenvalue weighted by Crippen LogP contribution is 2.24. The van der Waals surface area contributed by atoms with Crippen LogP contribution in [0.1, 0.15) is 49.7 Å². The maximum Gasteiger partial charge on any atom is 0.274 e. The monoisotopic (exact) mass is 412 g/mol. The number of piperidine rings is 1. The van der Waals surface area contributed by atoms with E-state index >= 15 is 0 Å². The van der Waals surface area contributed by atoms with E-state index in [-0.39, 0.29) is 23.8 Å². The molecule has 1 fully saturated rings. The molecule has 1 unspecified atom stereocenters. The van der Waals surface area contributed by atoms with Gasteiger partial charge in [-0.2, -0.15) is 5.10 Å². The van der Waals surface area contributed by atoms with Crippen molar-refractivity contribution in [3.05, 3.63) is 41.7 Å². The second kappa shape index (κ2) is 9.32. The van der Waals surface area contributed by atoms with Crippen LogP contribution < -0.4 is 10.1 Å². The summed E-state index contributed by atoms with van der Waals surface area (Å²) in [6.45, 7) is 9.35. The van der Waals surface area contributed by atoms with E-state index < -0.39 is 0 Å². The number of likely N-dealkylation sites (tertiary alicyclic amines) is 1. The molecule has 1 aromatic heterocycles. The lowest BCUT2D eigenvalue weighted by molar-refractivity contribution is -0.127. The summed E-state index contributed by atoms with van der Waals surface area (Å²) in [7, 11) is 1.62. The Morgan fingerprint density at radius 1 is 1.17 bits per heavy atom. The van der Waals surface area contributed by atoms with Crippen molar-refractivity contribution in [1.82, 2.24) is 20.0 Å². The fourth-order valence-corrected chi connectivity index (χ4v) is 3.57. The van der Waals surface area contributed by atoms with Crippen molar-refractivity contribution in [3.8, 4) is 11.4 Å². The molecule has 0 saturated carbocycles. The third-order valence-corrected chi connectivity index (χ3v) is 5.91. The van der Waals surface area contributed by atoms with Crippen LogP contribution >= 0.6 is 0 Å². The summed E-state index contributed by atoms with van der Waals surface area (Å²) in [5.41, 5.74) is 2.28. The first kappa shape index (κ1) is 21.9. The zero-order chi connectivity index (χ0) is 21.8. The van der Waals surface area contributed by atoms with E-state index in [2.05, 4.69) is 24.3 Å². The molecule has 162 valence electrons. The Morgan fingerprint density at radius 2 is 1.87 bits per heavy atom. The fourth-order valence-electron chi connectivity index (χ4n) is 3.57. The van der Waals surface area contributed by atoms with E-state index in [1.165, 1.54) is 0 Å². The molecule has 1 aliphatic heterocycles. The molecule has 1 saturated heterocycles. The number of methoxy groups -OCH3 is 1. The number of carbonyl (C=O) groups is 2. The molecule has 7 nitrogen and oxygen atoms in total. The highest BCUT2D eigenvalue weighted by molar-refractivity contribution is 5.92. The van der Waals surface area contributed by atoms with Crippen molar-refractivity contribution in [2.75, 3.05) is 20.2 Å². The van der Waals surface area contributed by atoms with Gasteiger partial charge in [-0.15, -0.1) is 0 Å². The minimum atomic E-state index is -0.102. The molecule has 3 rings (SSSR count). The van der Waals surface area contributed by atoms with Gasteiger partial charge in [-0.3, -0.25) is 9.59 Å². The summed E-state index contributed by atoms with van der Waals surface area (Å²) in [4.78, 5) is 27.2. The van der Waals surface area contributed by atoms with Crippen LogP contribution in [0.15, 0.2) is 30.5 Å². The van der Waals surface area contributed by atoms with Crippen molar-refractivity contribution in [2.24, 2.45) is 11.8 Å². The minimum Gasteiger partial charge on any atom is -0.494 e. The van der Waals surface area contributed by atoms with Gasteiger partial charge in [-0.1, -0.05) is 19.9 Å². The van der Waals surface area contributed by atoms with E-state index in [4.69, 9.17) is 4.74 Å². The lowest BCUT2D eigenvalue weighted by Crippen LogP contribution is -2.45. The van der Waals surface area contributed by atoms with Gasteiger partial charge in [0.1, 0.15) is 11.4 Å². The van der Waals surface area contributed by atoms with Gasteiger partial charge in [0.05, 0.1) is 7.11 Å². The van der Waals surface area contributed by atoms with Crippen LogP contribution in [-0.2, 0) is 4.79 Å². The van der Waals surface area contributed by atoms with Crippen molar-refractivity contribution >= 4 is 11.8 Å². The highest BCUT2D eigenvalue weighted by atomic mass is 16.5. The Morgan fingerprint density at radius 3 is 2.50 bits per heavy atom. The molecule has 0 spiro atoms. The summed E-state index contributed by atoms with van der Waals surface area (Å²) in [6.07, 6.45) is 3.13. The molecule has 2 amide bonds. The van der Waals surface area contributed by atoms with Gasteiger partial charge in [-0.05, 0) is 56.4 Å². The second-order valence-corrected chi connectivity index (χ2v) is 8.43. The lowest BCUT2D eigenvalue weighted by Gasteiger charge is -2.32. The molecule has 2 heterocycles. The Labute approximate surface area is 178 Å². The van der Waals surface area contributed by atoms with E-state index in [1.54, 1.807) is 29.0 Å². The Bertz CT molecular complexity index is 898. The van der Waals surface area contributed by atoms with E-state index in [9.17, 15) is 9.59 Å². The SMILES string of the molecule is COc1ccc(C)cc1-n1ccc(C(=O)N2CCC(C(=O)NC(C)C(C)C)CC2)n1. The number of benzene rings is 1. The van der Waals surface area contributed by atoms with Crippen molar-refractivity contribution in [1.29, 1.82) is 0 Å². The molecular weight excluding hydrogens is 380 g/mol. The first-order valence-electron chi connectivity index (χ1n) is 10.6. The van der Waals surface area contributed by atoms with Gasteiger partial charge in [0.15, 0.2) is 5.69 Å². The summed E-state index contributed by atoms with van der Waals surface area (Å²) in [5.74, 6) is 1.06. The largest absolute Gasteiger partial charge is 0.494 e. The summed E-state index contributed by atoms with van der Waals surface area (Å²) in [6, 6.07) is 7.72. The van der Waals surface area contributed by atoms with Crippen LogP contribution in [0, 0.1) is 18.8 Å². The summed E-state index contributed by atoms with van der Waals surface area (Å²) < 4.78 is 7.10. The third kappa shape index (κ3) is 4.83. The highest BCUT2D eigenvalue weighted by Gasteiger charge is 2.29. The number of aromatic nitrogens is 2. The molecule has 1 aromatic carbocycles. The van der Waals surface area contributed by atoms with Crippen molar-refractivity contribution in [2.45, 2.75) is 46.6 Å². The number of rotatable bonds is 6. The van der Waals surface area contributed by atoms with Gasteiger partial charge in [-0.25, -0.2) is 4.68 Å². The minimum absolute atomic E-state index is 0.0376. The van der Waals surface area contributed by atoms with Gasteiger partial charge in [0.2, 0.25) is 5.91 Å². The standard InChI is InChI=1S/C23H32N4O3/c1-15(2)17(4)24-22(28)18-8-11-26(12-9-18)23(29)19-10-13-27(25-19)20-14-16(3)6-7-21(20)30-5/h6-7,10,13-15,17-18H,8-9,11-12H2,1-5H3,(H,24,28). The van der Waals surface area contributed by atoms with Crippen LogP contribution in [0.25, 0.3) is 5.69 Å². The van der Waals surface area contributed by atoms with Gasteiger partial charge >= 0.3 is 0 Å².